The lowest BCUT2D eigenvalue weighted by atomic mass is 10.3. The van der Waals surface area contributed by atoms with Crippen molar-refractivity contribution in [1.29, 1.82) is 0 Å². The van der Waals surface area contributed by atoms with Gasteiger partial charge in [-0.05, 0) is 18.2 Å². The molecule has 14 heavy (non-hydrogen) atoms. The highest BCUT2D eigenvalue weighted by Crippen LogP contribution is 2.21. The summed E-state index contributed by atoms with van der Waals surface area (Å²) in [6.45, 7) is 0.268. The number of aromatic nitrogens is 2. The molecule has 0 aliphatic heterocycles. The molecule has 2 rings (SSSR count). The Bertz CT molecular complexity index is 435. The molecule has 72 valence electrons. The summed E-state index contributed by atoms with van der Waals surface area (Å²) in [7, 11) is 0. The van der Waals surface area contributed by atoms with Gasteiger partial charge in [-0.25, -0.2) is 0 Å². The Labute approximate surface area is 89.9 Å². The average molecular weight is 227 g/mol. The average Bonchev–Trinajstić information content (AvgIpc) is 2.75. The summed E-state index contributed by atoms with van der Waals surface area (Å²) < 4.78 is 2.23. The van der Waals surface area contributed by atoms with Crippen LogP contribution in [0.25, 0.3) is 0 Å². The molecule has 0 atom stereocenters. The molecule has 0 spiro atoms. The van der Waals surface area contributed by atoms with E-state index in [0.29, 0.717) is 9.21 Å². The van der Waals surface area contributed by atoms with Crippen LogP contribution in [0.15, 0.2) is 30.6 Å². The number of ketones is 1. The fraction of sp³-hybridized carbons (Fsp3) is 0.111. The lowest BCUT2D eigenvalue weighted by molar-refractivity contribution is 0.0971. The Morgan fingerprint density at radius 2 is 2.43 bits per heavy atom. The number of hydrogen-bond acceptors (Lipinski definition) is 3. The number of halogens is 1. The van der Waals surface area contributed by atoms with Crippen LogP contribution in [0.2, 0.25) is 4.34 Å². The zero-order chi connectivity index (χ0) is 9.97. The number of nitrogens with zero attached hydrogens (tertiary/aromatic N) is 2. The van der Waals surface area contributed by atoms with Crippen LogP contribution in [0.1, 0.15) is 9.67 Å². The molecule has 2 aromatic rings. The third-order valence-electron chi connectivity index (χ3n) is 1.71. The van der Waals surface area contributed by atoms with Gasteiger partial charge in [-0.1, -0.05) is 11.6 Å². The van der Waals surface area contributed by atoms with Crippen LogP contribution in [-0.4, -0.2) is 15.6 Å². The predicted molar refractivity (Wildman–Crippen MR) is 55.9 cm³/mol. The van der Waals surface area contributed by atoms with Crippen molar-refractivity contribution in [3.63, 3.8) is 0 Å². The van der Waals surface area contributed by atoms with Crippen molar-refractivity contribution in [3.8, 4) is 0 Å². The first-order chi connectivity index (χ1) is 6.75. The minimum absolute atomic E-state index is 0.0330. The number of carbonyl (C=O) groups excluding carboxylic acids is 1. The largest absolute Gasteiger partial charge is 0.291 e. The first kappa shape index (κ1) is 9.43. The molecule has 5 heteroatoms. The number of carbonyl (C=O) groups is 1. The van der Waals surface area contributed by atoms with Crippen LogP contribution in [-0.2, 0) is 6.54 Å². The fourth-order valence-electron chi connectivity index (χ4n) is 1.08. The maximum absolute atomic E-state index is 11.6. The molecule has 2 aromatic heterocycles. The third kappa shape index (κ3) is 2.02. The summed E-state index contributed by atoms with van der Waals surface area (Å²) in [5.74, 6) is 0.0330. The van der Waals surface area contributed by atoms with E-state index in [4.69, 9.17) is 11.6 Å². The molecule has 3 nitrogen and oxygen atoms in total. The van der Waals surface area contributed by atoms with Crippen molar-refractivity contribution in [2.75, 3.05) is 0 Å². The molecule has 0 aliphatic carbocycles. The zero-order valence-electron chi connectivity index (χ0n) is 7.18. The highest BCUT2D eigenvalue weighted by Gasteiger charge is 2.09. The van der Waals surface area contributed by atoms with E-state index in [2.05, 4.69) is 5.10 Å². The zero-order valence-corrected chi connectivity index (χ0v) is 8.76. The molecule has 2 heterocycles. The maximum atomic E-state index is 11.6. The van der Waals surface area contributed by atoms with Crippen molar-refractivity contribution in [3.05, 3.63) is 39.8 Å². The van der Waals surface area contributed by atoms with Gasteiger partial charge in [0.05, 0.1) is 9.21 Å². The Kier molecular flexibility index (Phi) is 2.65. The SMILES string of the molecule is O=C(Cn1cccn1)c1ccc(Cl)s1. The topological polar surface area (TPSA) is 34.9 Å². The van der Waals surface area contributed by atoms with Crippen LogP contribution < -0.4 is 0 Å². The van der Waals surface area contributed by atoms with Gasteiger partial charge in [0, 0.05) is 12.4 Å². The van der Waals surface area contributed by atoms with Gasteiger partial charge in [0.15, 0.2) is 5.78 Å². The first-order valence-electron chi connectivity index (χ1n) is 4.01. The van der Waals surface area contributed by atoms with E-state index in [0.717, 1.165) is 0 Å². The molecule has 0 saturated heterocycles. The molecule has 0 amide bonds. The third-order valence-corrected chi connectivity index (χ3v) is 2.99. The Morgan fingerprint density at radius 1 is 1.57 bits per heavy atom. The Hall–Kier alpha value is -1.13. The summed E-state index contributed by atoms with van der Waals surface area (Å²) in [5, 5.41) is 3.96. The summed E-state index contributed by atoms with van der Waals surface area (Å²) in [6.07, 6.45) is 3.40. The summed E-state index contributed by atoms with van der Waals surface area (Å²) in [4.78, 5) is 12.3. The predicted octanol–water partition coefficient (Wildman–Crippen LogP) is 2.48. The molecule has 0 N–H and O–H groups in total. The van der Waals surface area contributed by atoms with Crippen molar-refractivity contribution in [2.45, 2.75) is 6.54 Å². The first-order valence-corrected chi connectivity index (χ1v) is 5.21. The van der Waals surface area contributed by atoms with E-state index in [9.17, 15) is 4.79 Å². The lowest BCUT2D eigenvalue weighted by Gasteiger charge is -1.97. The number of thiophene rings is 1. The second kappa shape index (κ2) is 3.94. The van der Waals surface area contributed by atoms with Gasteiger partial charge >= 0.3 is 0 Å². The minimum atomic E-state index is 0.0330. The molecule has 0 fully saturated rings. The lowest BCUT2D eigenvalue weighted by Crippen LogP contribution is -2.09. The van der Waals surface area contributed by atoms with Crippen LogP contribution in [0.4, 0.5) is 0 Å². The van der Waals surface area contributed by atoms with Gasteiger partial charge in [0.2, 0.25) is 0 Å². The van der Waals surface area contributed by atoms with Gasteiger partial charge in [-0.3, -0.25) is 9.48 Å². The van der Waals surface area contributed by atoms with E-state index in [1.54, 1.807) is 35.3 Å². The molecular weight excluding hydrogens is 220 g/mol. The monoisotopic (exact) mass is 226 g/mol. The summed E-state index contributed by atoms with van der Waals surface area (Å²) >= 11 is 7.02. The van der Waals surface area contributed by atoms with E-state index in [1.807, 2.05) is 0 Å². The highest BCUT2D eigenvalue weighted by atomic mass is 35.5. The van der Waals surface area contributed by atoms with Gasteiger partial charge in [-0.2, -0.15) is 5.10 Å². The van der Waals surface area contributed by atoms with Crippen LogP contribution in [0.5, 0.6) is 0 Å². The van der Waals surface area contributed by atoms with Crippen molar-refractivity contribution < 1.29 is 4.79 Å². The number of rotatable bonds is 3. The standard InChI is InChI=1S/C9H7ClN2OS/c10-9-3-2-8(14-9)7(13)6-12-5-1-4-11-12/h1-5H,6H2. The molecule has 0 aliphatic rings. The van der Waals surface area contributed by atoms with E-state index in [1.165, 1.54) is 11.3 Å². The molecule has 0 radical (unpaired) electrons. The second-order valence-corrected chi connectivity index (χ2v) is 4.45. The fourth-order valence-corrected chi connectivity index (χ4v) is 2.06. The van der Waals surface area contributed by atoms with E-state index in [-0.39, 0.29) is 12.3 Å². The van der Waals surface area contributed by atoms with Crippen LogP contribution in [0, 0.1) is 0 Å². The van der Waals surface area contributed by atoms with Gasteiger partial charge < -0.3 is 0 Å². The van der Waals surface area contributed by atoms with Crippen molar-refractivity contribution >= 4 is 28.7 Å². The molecular formula is C9H7ClN2OS. The van der Waals surface area contributed by atoms with Crippen molar-refractivity contribution in [1.82, 2.24) is 9.78 Å². The molecule has 0 aromatic carbocycles. The quantitative estimate of drug-likeness (QED) is 0.754. The van der Waals surface area contributed by atoms with Crippen molar-refractivity contribution in [2.24, 2.45) is 0 Å². The van der Waals surface area contributed by atoms with E-state index < -0.39 is 0 Å². The highest BCUT2D eigenvalue weighted by molar-refractivity contribution is 7.18. The van der Waals surface area contributed by atoms with Crippen LogP contribution in [0.3, 0.4) is 0 Å². The van der Waals surface area contributed by atoms with Gasteiger partial charge in [0.1, 0.15) is 6.54 Å². The smallest absolute Gasteiger partial charge is 0.194 e. The maximum Gasteiger partial charge on any atom is 0.194 e. The normalized spacial score (nSPS) is 10.4. The van der Waals surface area contributed by atoms with Gasteiger partial charge in [-0.15, -0.1) is 11.3 Å². The summed E-state index contributed by atoms with van der Waals surface area (Å²) in [6, 6.07) is 5.25. The summed E-state index contributed by atoms with van der Waals surface area (Å²) in [5.41, 5.74) is 0. The molecule has 0 unspecified atom stereocenters. The Balaban J connectivity index is 2.10. The molecule has 0 saturated carbocycles. The number of Topliss-reactive ketones (excluding diaryl/α,β-unsaturated/α-hetero) is 1. The minimum Gasteiger partial charge on any atom is -0.291 e. The van der Waals surface area contributed by atoms with Gasteiger partial charge in [0.25, 0.3) is 0 Å². The van der Waals surface area contributed by atoms with Crippen LogP contribution >= 0.6 is 22.9 Å². The Morgan fingerprint density at radius 3 is 3.00 bits per heavy atom. The number of hydrogen-bond donors (Lipinski definition) is 0. The molecule has 0 bridgehead atoms. The van der Waals surface area contributed by atoms with E-state index >= 15 is 0 Å². The second-order valence-electron chi connectivity index (χ2n) is 2.73.